The summed E-state index contributed by atoms with van der Waals surface area (Å²) in [6.07, 6.45) is 4.63. The SMILES string of the molecule is C=C(C)[C@]12CC[C@@]34OC(Cc5ccccc5)(O[C@@H]1[C@@H]3C=C(COC(=O)Cc1ccc(OC)c(O)c1)C[C@]1(O)C(=O)C(C)=C[C@@H]41)O2. The lowest BCUT2D eigenvalue weighted by atomic mass is 9.59. The van der Waals surface area contributed by atoms with Crippen LogP contribution < -0.4 is 4.74 Å². The molecule has 45 heavy (non-hydrogen) atoms. The molecule has 7 rings (SSSR count). The minimum absolute atomic E-state index is 0.0120. The first-order valence-corrected chi connectivity index (χ1v) is 15.4. The van der Waals surface area contributed by atoms with E-state index in [1.807, 2.05) is 49.4 Å². The third-order valence-electron chi connectivity index (χ3n) is 10.3. The van der Waals surface area contributed by atoms with Crippen molar-refractivity contribution in [3.05, 3.63) is 95.1 Å². The van der Waals surface area contributed by atoms with Gasteiger partial charge in [-0.1, -0.05) is 55.1 Å². The molecular formula is C36H38O9. The number of esters is 1. The van der Waals surface area contributed by atoms with Crippen LogP contribution in [0.25, 0.3) is 0 Å². The maximum atomic E-state index is 13.7. The Morgan fingerprint density at radius 1 is 1.09 bits per heavy atom. The van der Waals surface area contributed by atoms with E-state index in [1.54, 1.807) is 19.1 Å². The summed E-state index contributed by atoms with van der Waals surface area (Å²) in [5, 5.41) is 22.4. The van der Waals surface area contributed by atoms with Crippen LogP contribution in [0.5, 0.6) is 11.5 Å². The van der Waals surface area contributed by atoms with E-state index in [1.165, 1.54) is 13.2 Å². The summed E-state index contributed by atoms with van der Waals surface area (Å²) in [6.45, 7) is 7.84. The van der Waals surface area contributed by atoms with Crippen molar-refractivity contribution in [1.29, 1.82) is 0 Å². The molecule has 0 aromatic heterocycles. The van der Waals surface area contributed by atoms with Gasteiger partial charge in [-0.2, -0.15) is 0 Å². The number of benzene rings is 2. The summed E-state index contributed by atoms with van der Waals surface area (Å²) in [5.41, 5.74) is -0.208. The molecule has 9 heteroatoms. The number of phenols is 1. The summed E-state index contributed by atoms with van der Waals surface area (Å²) in [6, 6.07) is 14.5. The summed E-state index contributed by atoms with van der Waals surface area (Å²) < 4.78 is 31.4. The predicted molar refractivity (Wildman–Crippen MR) is 162 cm³/mol. The molecule has 7 atom stereocenters. The molecule has 5 aliphatic rings. The van der Waals surface area contributed by atoms with Crippen LogP contribution >= 0.6 is 0 Å². The molecule has 9 nitrogen and oxygen atoms in total. The van der Waals surface area contributed by atoms with Gasteiger partial charge in [-0.05, 0) is 66.7 Å². The van der Waals surface area contributed by atoms with Crippen LogP contribution in [0.4, 0.5) is 0 Å². The molecule has 2 heterocycles. The van der Waals surface area contributed by atoms with Crippen LogP contribution in [0.3, 0.4) is 0 Å². The fraction of sp³-hybridized carbons (Fsp3) is 0.444. The van der Waals surface area contributed by atoms with Crippen molar-refractivity contribution in [2.75, 3.05) is 13.7 Å². The molecule has 2 saturated heterocycles. The number of ether oxygens (including phenoxy) is 5. The maximum Gasteiger partial charge on any atom is 0.310 e. The second-order valence-corrected chi connectivity index (χ2v) is 13.2. The normalized spacial score (nSPS) is 36.0. The highest BCUT2D eigenvalue weighted by Gasteiger charge is 2.77. The number of hydrogen-bond acceptors (Lipinski definition) is 9. The number of fused-ring (bicyclic) bond motifs is 2. The van der Waals surface area contributed by atoms with Crippen molar-refractivity contribution in [1.82, 2.24) is 0 Å². The first-order chi connectivity index (χ1) is 21.4. The Morgan fingerprint density at radius 2 is 1.87 bits per heavy atom. The number of methoxy groups -OCH3 is 1. The van der Waals surface area contributed by atoms with Crippen molar-refractivity contribution >= 4 is 11.8 Å². The van der Waals surface area contributed by atoms with Gasteiger partial charge in [-0.3, -0.25) is 9.59 Å². The van der Waals surface area contributed by atoms with Gasteiger partial charge >= 0.3 is 5.97 Å². The fourth-order valence-electron chi connectivity index (χ4n) is 8.30. The molecule has 2 aromatic rings. The second-order valence-electron chi connectivity index (χ2n) is 13.2. The van der Waals surface area contributed by atoms with Crippen molar-refractivity contribution in [2.45, 2.75) is 74.8 Å². The molecule has 0 amide bonds. The lowest BCUT2D eigenvalue weighted by Gasteiger charge is -2.56. The number of carbonyl (C=O) groups excluding carboxylic acids is 2. The van der Waals surface area contributed by atoms with E-state index >= 15 is 0 Å². The van der Waals surface area contributed by atoms with Gasteiger partial charge in [-0.15, -0.1) is 0 Å². The molecule has 0 radical (unpaired) electrons. The molecule has 236 valence electrons. The Balaban J connectivity index is 1.24. The molecule has 2 aromatic carbocycles. The minimum atomic E-state index is -1.78. The molecule has 1 unspecified atom stereocenters. The van der Waals surface area contributed by atoms with Crippen molar-refractivity contribution in [2.24, 2.45) is 11.8 Å². The second kappa shape index (κ2) is 10.4. The van der Waals surface area contributed by atoms with Gasteiger partial charge in [0, 0.05) is 18.3 Å². The highest BCUT2D eigenvalue weighted by atomic mass is 16.9. The molecule has 2 aliphatic heterocycles. The van der Waals surface area contributed by atoms with Crippen molar-refractivity contribution in [3.8, 4) is 11.5 Å². The number of hydrogen-bond donors (Lipinski definition) is 2. The quantitative estimate of drug-likeness (QED) is 0.327. The first-order valence-electron chi connectivity index (χ1n) is 15.4. The van der Waals surface area contributed by atoms with E-state index in [0.717, 1.165) is 11.1 Å². The fourth-order valence-corrected chi connectivity index (χ4v) is 8.30. The zero-order valence-corrected chi connectivity index (χ0v) is 25.7. The molecule has 1 saturated carbocycles. The van der Waals surface area contributed by atoms with Crippen LogP contribution in [0, 0.1) is 11.8 Å². The highest BCUT2D eigenvalue weighted by Crippen LogP contribution is 2.66. The number of carbonyl (C=O) groups is 2. The van der Waals surface area contributed by atoms with Gasteiger partial charge in [0.25, 0.3) is 5.97 Å². The van der Waals surface area contributed by atoms with Crippen LogP contribution in [0.1, 0.15) is 44.2 Å². The van der Waals surface area contributed by atoms with Gasteiger partial charge in [-0.25, -0.2) is 0 Å². The summed E-state index contributed by atoms with van der Waals surface area (Å²) in [5.74, 6) is -3.16. The number of phenolic OH excluding ortho intramolecular Hbond substituents is 1. The number of Topliss-reactive ketones (excluding diaryl/α,β-unsaturated/α-hetero) is 1. The number of ketones is 1. The van der Waals surface area contributed by atoms with Crippen LogP contribution in [0.2, 0.25) is 0 Å². The Kier molecular flexibility index (Phi) is 6.91. The van der Waals surface area contributed by atoms with Crippen LogP contribution in [0.15, 0.2) is 84.0 Å². The molecule has 2 N–H and O–H groups in total. The van der Waals surface area contributed by atoms with Gasteiger partial charge in [0.05, 0.1) is 25.6 Å². The van der Waals surface area contributed by atoms with E-state index in [4.69, 9.17) is 23.7 Å². The topological polar surface area (TPSA) is 121 Å². The number of aromatic hydroxyl groups is 1. The smallest absolute Gasteiger partial charge is 0.310 e. The largest absolute Gasteiger partial charge is 0.504 e. The van der Waals surface area contributed by atoms with E-state index in [2.05, 4.69) is 6.58 Å². The van der Waals surface area contributed by atoms with E-state index in [0.29, 0.717) is 41.7 Å². The van der Waals surface area contributed by atoms with E-state index < -0.39 is 46.7 Å². The Labute approximate surface area is 262 Å². The summed E-state index contributed by atoms with van der Waals surface area (Å²) in [7, 11) is 1.45. The van der Waals surface area contributed by atoms with Crippen LogP contribution in [-0.4, -0.2) is 64.6 Å². The maximum absolute atomic E-state index is 13.7. The first kappa shape index (κ1) is 29.9. The molecule has 3 bridgehead atoms. The lowest BCUT2D eigenvalue weighted by Crippen LogP contribution is -2.67. The third-order valence-corrected chi connectivity index (χ3v) is 10.3. The zero-order chi connectivity index (χ0) is 31.8. The summed E-state index contributed by atoms with van der Waals surface area (Å²) >= 11 is 0. The van der Waals surface area contributed by atoms with Crippen molar-refractivity contribution in [3.63, 3.8) is 0 Å². The Hall–Kier alpha value is -3.76. The van der Waals surface area contributed by atoms with Gasteiger partial charge < -0.3 is 33.9 Å². The average molecular weight is 615 g/mol. The molecular weight excluding hydrogens is 576 g/mol. The van der Waals surface area contributed by atoms with E-state index in [-0.39, 0.29) is 31.0 Å². The number of rotatable bonds is 8. The third kappa shape index (κ3) is 4.51. The van der Waals surface area contributed by atoms with E-state index in [9.17, 15) is 19.8 Å². The van der Waals surface area contributed by atoms with Gasteiger partial charge in [0.1, 0.15) is 23.9 Å². The molecule has 3 aliphatic carbocycles. The van der Waals surface area contributed by atoms with Crippen LogP contribution in [-0.2, 0) is 41.4 Å². The zero-order valence-electron chi connectivity index (χ0n) is 25.7. The monoisotopic (exact) mass is 614 g/mol. The standard InChI is InChI=1S/C36H38O9/c1-21(2)34-12-13-35-26(32(34)43-36(44-34,45-35)19-23-8-6-5-7-9-23)15-25(18-33(40)29(35)14-22(3)31(33)39)20-42-30(38)17-24-10-11-28(41-4)27(37)16-24/h5-11,14-16,26,29,32,37,40H,1,12-13,17-20H2,2-4H3/t26-,29+,32+,33+,34+,35+,36?/m0/s1. The minimum Gasteiger partial charge on any atom is -0.504 e. The lowest BCUT2D eigenvalue weighted by molar-refractivity contribution is -0.415. The highest BCUT2D eigenvalue weighted by molar-refractivity contribution is 6.04. The van der Waals surface area contributed by atoms with Gasteiger partial charge in [0.2, 0.25) is 0 Å². The van der Waals surface area contributed by atoms with Crippen molar-refractivity contribution < 1.29 is 43.5 Å². The van der Waals surface area contributed by atoms with Gasteiger partial charge in [0.15, 0.2) is 17.3 Å². The average Bonchev–Trinajstić information content (AvgIpc) is 3.30. The Bertz CT molecular complexity index is 1640. The summed E-state index contributed by atoms with van der Waals surface area (Å²) in [4.78, 5) is 26.6. The number of aliphatic hydroxyl groups is 1. The molecule has 3 fully saturated rings. The predicted octanol–water partition coefficient (Wildman–Crippen LogP) is 4.50. The molecule has 0 spiro atoms. The Morgan fingerprint density at radius 3 is 2.58 bits per heavy atom.